The van der Waals surface area contributed by atoms with Gasteiger partial charge in [-0.3, -0.25) is 9.69 Å². The van der Waals surface area contributed by atoms with Crippen LogP contribution in [0.3, 0.4) is 0 Å². The van der Waals surface area contributed by atoms with Crippen molar-refractivity contribution in [3.8, 4) is 0 Å². The number of aromatic nitrogens is 1. The van der Waals surface area contributed by atoms with E-state index in [-0.39, 0.29) is 12.0 Å². The van der Waals surface area contributed by atoms with Crippen molar-refractivity contribution < 1.29 is 9.90 Å². The summed E-state index contributed by atoms with van der Waals surface area (Å²) in [6, 6.07) is 2.36. The molecule has 3 rings (SSSR count). The molecule has 0 saturated carbocycles. The van der Waals surface area contributed by atoms with Gasteiger partial charge in [0.05, 0.1) is 11.7 Å². The Balaban J connectivity index is 1.53. The van der Waals surface area contributed by atoms with Gasteiger partial charge < -0.3 is 15.0 Å². The van der Waals surface area contributed by atoms with Crippen molar-refractivity contribution in [1.82, 2.24) is 14.8 Å². The lowest BCUT2D eigenvalue weighted by molar-refractivity contribution is 0.0241. The lowest BCUT2D eigenvalue weighted by Crippen LogP contribution is -2.50. The van der Waals surface area contributed by atoms with Gasteiger partial charge in [-0.05, 0) is 38.3 Å². The van der Waals surface area contributed by atoms with E-state index in [9.17, 15) is 9.90 Å². The third kappa shape index (κ3) is 2.88. The topological polar surface area (TPSA) is 59.6 Å². The summed E-state index contributed by atoms with van der Waals surface area (Å²) in [6.07, 6.45) is 7.43. The number of aromatic amines is 1. The van der Waals surface area contributed by atoms with Gasteiger partial charge in [-0.2, -0.15) is 0 Å². The normalized spacial score (nSPS) is 25.9. The first kappa shape index (κ1) is 13.6. The van der Waals surface area contributed by atoms with Crippen molar-refractivity contribution in [2.24, 2.45) is 0 Å². The highest BCUT2D eigenvalue weighted by Gasteiger charge is 2.29. The highest BCUT2D eigenvalue weighted by molar-refractivity contribution is 5.94. The van der Waals surface area contributed by atoms with Crippen LogP contribution in [-0.4, -0.2) is 64.1 Å². The summed E-state index contributed by atoms with van der Waals surface area (Å²) >= 11 is 0. The number of rotatable bonds is 2. The summed E-state index contributed by atoms with van der Waals surface area (Å²) in [5.74, 6) is 0.128. The molecule has 2 fully saturated rings. The van der Waals surface area contributed by atoms with E-state index in [1.807, 2.05) is 11.0 Å². The van der Waals surface area contributed by atoms with E-state index in [4.69, 9.17) is 0 Å². The molecule has 1 aromatic rings. The minimum atomic E-state index is -0.164. The van der Waals surface area contributed by atoms with Crippen LogP contribution < -0.4 is 0 Å². The van der Waals surface area contributed by atoms with Gasteiger partial charge in [0.15, 0.2) is 0 Å². The van der Waals surface area contributed by atoms with E-state index in [0.29, 0.717) is 6.04 Å². The maximum absolute atomic E-state index is 12.2. The van der Waals surface area contributed by atoms with Gasteiger partial charge >= 0.3 is 0 Å². The van der Waals surface area contributed by atoms with Crippen LogP contribution in [-0.2, 0) is 0 Å². The van der Waals surface area contributed by atoms with Crippen LogP contribution in [0.15, 0.2) is 18.5 Å². The molecular formula is C15H23N3O2. The average Bonchev–Trinajstić information content (AvgIpc) is 3.01. The molecular weight excluding hydrogens is 254 g/mol. The van der Waals surface area contributed by atoms with Crippen molar-refractivity contribution in [2.45, 2.75) is 37.8 Å². The van der Waals surface area contributed by atoms with Crippen LogP contribution in [0.4, 0.5) is 0 Å². The molecule has 2 saturated heterocycles. The molecule has 0 radical (unpaired) electrons. The van der Waals surface area contributed by atoms with Crippen LogP contribution in [0.5, 0.6) is 0 Å². The number of likely N-dealkylation sites (tertiary alicyclic amines) is 2. The Kier molecular flexibility index (Phi) is 4.08. The highest BCUT2D eigenvalue weighted by Crippen LogP contribution is 2.22. The third-order valence-electron chi connectivity index (χ3n) is 4.54. The van der Waals surface area contributed by atoms with Gasteiger partial charge in [0.25, 0.3) is 5.91 Å². The number of carbonyl (C=O) groups is 1. The minimum Gasteiger partial charge on any atom is -0.392 e. The first-order chi connectivity index (χ1) is 9.74. The summed E-state index contributed by atoms with van der Waals surface area (Å²) < 4.78 is 0. The number of amides is 1. The summed E-state index contributed by atoms with van der Waals surface area (Å²) in [6.45, 7) is 3.53. The van der Waals surface area contributed by atoms with Crippen LogP contribution in [0, 0.1) is 0 Å². The molecule has 2 N–H and O–H groups in total. The monoisotopic (exact) mass is 277 g/mol. The number of hydrogen-bond donors (Lipinski definition) is 2. The Morgan fingerprint density at radius 1 is 1.25 bits per heavy atom. The lowest BCUT2D eigenvalue weighted by Gasteiger charge is -2.41. The number of H-pyrrole nitrogens is 1. The molecule has 0 aromatic carbocycles. The van der Waals surface area contributed by atoms with Gasteiger partial charge in [0, 0.05) is 38.1 Å². The summed E-state index contributed by atoms with van der Waals surface area (Å²) in [5, 5.41) is 9.77. The van der Waals surface area contributed by atoms with Crippen molar-refractivity contribution in [2.75, 3.05) is 26.2 Å². The molecule has 5 nitrogen and oxygen atoms in total. The standard InChI is InChI=1S/C15H23N3O2/c19-14-2-1-7-18(11-14)13-4-8-17(9-5-13)15(20)12-3-6-16-10-12/h3,6,10,13-14,16,19H,1-2,4-5,7-9,11H2/t14-/m1/s1. The van der Waals surface area contributed by atoms with Crippen molar-refractivity contribution in [3.63, 3.8) is 0 Å². The SMILES string of the molecule is O=C(c1cc[nH]c1)N1CCC(N2CCC[C@@H](O)C2)CC1. The number of aliphatic hydroxyl groups is 1. The first-order valence-electron chi connectivity index (χ1n) is 7.58. The number of piperidine rings is 2. The maximum atomic E-state index is 12.2. The fourth-order valence-electron chi connectivity index (χ4n) is 3.39. The second-order valence-corrected chi connectivity index (χ2v) is 5.91. The fourth-order valence-corrected chi connectivity index (χ4v) is 3.39. The quantitative estimate of drug-likeness (QED) is 0.850. The summed E-state index contributed by atoms with van der Waals surface area (Å²) in [7, 11) is 0. The zero-order chi connectivity index (χ0) is 13.9. The molecule has 110 valence electrons. The van der Waals surface area contributed by atoms with Crippen LogP contribution in [0.2, 0.25) is 0 Å². The zero-order valence-corrected chi connectivity index (χ0v) is 11.8. The molecule has 0 aliphatic carbocycles. The molecule has 20 heavy (non-hydrogen) atoms. The number of β-amino-alcohol motifs (C(OH)–C–C–N with tert-alkyl or cyclic N) is 1. The fraction of sp³-hybridized carbons (Fsp3) is 0.667. The van der Waals surface area contributed by atoms with Gasteiger partial charge in [0.1, 0.15) is 0 Å². The van der Waals surface area contributed by atoms with E-state index in [1.165, 1.54) is 0 Å². The molecule has 3 heterocycles. The Morgan fingerprint density at radius 2 is 2.05 bits per heavy atom. The molecule has 2 aliphatic heterocycles. The highest BCUT2D eigenvalue weighted by atomic mass is 16.3. The van der Waals surface area contributed by atoms with E-state index in [2.05, 4.69) is 9.88 Å². The maximum Gasteiger partial charge on any atom is 0.255 e. The Labute approximate surface area is 119 Å². The van der Waals surface area contributed by atoms with E-state index in [1.54, 1.807) is 12.4 Å². The Hall–Kier alpha value is -1.33. The number of hydrogen-bond acceptors (Lipinski definition) is 3. The van der Waals surface area contributed by atoms with Gasteiger partial charge in [0.2, 0.25) is 0 Å². The Bertz CT molecular complexity index is 438. The first-order valence-corrected chi connectivity index (χ1v) is 7.58. The average molecular weight is 277 g/mol. The number of carbonyl (C=O) groups excluding carboxylic acids is 1. The second kappa shape index (κ2) is 5.97. The molecule has 1 atom stereocenters. The molecule has 1 aromatic heterocycles. The Morgan fingerprint density at radius 3 is 2.70 bits per heavy atom. The molecule has 0 unspecified atom stereocenters. The van der Waals surface area contributed by atoms with E-state index in [0.717, 1.165) is 57.4 Å². The zero-order valence-electron chi connectivity index (χ0n) is 11.8. The number of nitrogens with zero attached hydrogens (tertiary/aromatic N) is 2. The number of aliphatic hydroxyl groups excluding tert-OH is 1. The van der Waals surface area contributed by atoms with E-state index >= 15 is 0 Å². The number of nitrogens with one attached hydrogen (secondary N) is 1. The molecule has 0 bridgehead atoms. The molecule has 5 heteroatoms. The predicted molar refractivity (Wildman–Crippen MR) is 76.5 cm³/mol. The van der Waals surface area contributed by atoms with Crippen molar-refractivity contribution in [3.05, 3.63) is 24.0 Å². The predicted octanol–water partition coefficient (Wildman–Crippen LogP) is 1.08. The minimum absolute atomic E-state index is 0.128. The smallest absolute Gasteiger partial charge is 0.255 e. The van der Waals surface area contributed by atoms with Crippen molar-refractivity contribution in [1.29, 1.82) is 0 Å². The molecule has 0 spiro atoms. The molecule has 1 amide bonds. The summed E-state index contributed by atoms with van der Waals surface area (Å²) in [4.78, 5) is 19.5. The largest absolute Gasteiger partial charge is 0.392 e. The van der Waals surface area contributed by atoms with Gasteiger partial charge in [-0.25, -0.2) is 0 Å². The van der Waals surface area contributed by atoms with E-state index < -0.39 is 0 Å². The second-order valence-electron chi connectivity index (χ2n) is 5.91. The van der Waals surface area contributed by atoms with Crippen LogP contribution >= 0.6 is 0 Å². The van der Waals surface area contributed by atoms with Crippen LogP contribution in [0.1, 0.15) is 36.0 Å². The van der Waals surface area contributed by atoms with Crippen LogP contribution in [0.25, 0.3) is 0 Å². The molecule has 2 aliphatic rings. The third-order valence-corrected chi connectivity index (χ3v) is 4.54. The van der Waals surface area contributed by atoms with Gasteiger partial charge in [-0.1, -0.05) is 0 Å². The van der Waals surface area contributed by atoms with Gasteiger partial charge in [-0.15, -0.1) is 0 Å². The summed E-state index contributed by atoms with van der Waals surface area (Å²) in [5.41, 5.74) is 0.747. The van der Waals surface area contributed by atoms with Crippen molar-refractivity contribution >= 4 is 5.91 Å². The lowest BCUT2D eigenvalue weighted by atomic mass is 9.98.